The largest absolute Gasteiger partial charge is 0.416 e. The van der Waals surface area contributed by atoms with Gasteiger partial charge in [-0.2, -0.15) is 17.9 Å². The van der Waals surface area contributed by atoms with Crippen LogP contribution in [0.25, 0.3) is 5.69 Å². The van der Waals surface area contributed by atoms with Crippen molar-refractivity contribution in [1.82, 2.24) is 20.3 Å². The van der Waals surface area contributed by atoms with Gasteiger partial charge in [0.25, 0.3) is 5.91 Å². The van der Waals surface area contributed by atoms with Crippen LogP contribution < -0.4 is 11.1 Å². The highest BCUT2D eigenvalue weighted by Gasteiger charge is 2.31. The van der Waals surface area contributed by atoms with E-state index in [4.69, 9.17) is 17.3 Å². The molecule has 27 heavy (non-hydrogen) atoms. The Kier molecular flexibility index (Phi) is 5.04. The van der Waals surface area contributed by atoms with E-state index >= 15 is 0 Å². The molecule has 10 heteroatoms. The number of hydrogen-bond donors (Lipinski definition) is 2. The number of carbonyl (C=O) groups is 1. The van der Waals surface area contributed by atoms with Gasteiger partial charge in [-0.1, -0.05) is 35.0 Å². The van der Waals surface area contributed by atoms with E-state index in [1.807, 2.05) is 0 Å². The first kappa shape index (κ1) is 18.7. The molecule has 0 aliphatic heterocycles. The second-order valence-electron chi connectivity index (χ2n) is 5.59. The van der Waals surface area contributed by atoms with E-state index in [9.17, 15) is 18.0 Å². The number of anilines is 1. The summed E-state index contributed by atoms with van der Waals surface area (Å²) in [6, 6.07) is 11.3. The zero-order chi connectivity index (χ0) is 19.6. The number of nitrogens with two attached hydrogens (primary N) is 1. The number of hydrogen-bond acceptors (Lipinski definition) is 4. The van der Waals surface area contributed by atoms with Gasteiger partial charge in [-0.05, 0) is 35.9 Å². The predicted molar refractivity (Wildman–Crippen MR) is 93.4 cm³/mol. The Labute approximate surface area is 156 Å². The molecule has 0 aliphatic rings. The standard InChI is InChI=1S/C17H13ClF3N5O/c18-12-6-4-10(5-7-12)9-23-16(27)14-15(22)26(25-24-14)13-3-1-2-11(8-13)17(19,20)21/h1-8H,9,22H2,(H,23,27). The highest BCUT2D eigenvalue weighted by Crippen LogP contribution is 2.30. The molecule has 6 nitrogen and oxygen atoms in total. The number of benzene rings is 2. The van der Waals surface area contributed by atoms with E-state index < -0.39 is 17.6 Å². The molecule has 2 aromatic carbocycles. The monoisotopic (exact) mass is 395 g/mol. The van der Waals surface area contributed by atoms with E-state index in [0.717, 1.165) is 22.4 Å². The molecule has 140 valence electrons. The molecule has 0 atom stereocenters. The summed E-state index contributed by atoms with van der Waals surface area (Å²) in [6.45, 7) is 0.200. The molecule has 1 amide bonds. The molecule has 0 aliphatic carbocycles. The Morgan fingerprint density at radius 2 is 1.89 bits per heavy atom. The number of alkyl halides is 3. The molecule has 1 aromatic heterocycles. The van der Waals surface area contributed by atoms with Crippen LogP contribution in [0.5, 0.6) is 0 Å². The van der Waals surface area contributed by atoms with Crippen LogP contribution in [0.4, 0.5) is 19.0 Å². The minimum atomic E-state index is -4.51. The van der Waals surface area contributed by atoms with Crippen LogP contribution in [0.1, 0.15) is 21.6 Å². The summed E-state index contributed by atoms with van der Waals surface area (Å²) in [5.74, 6) is -0.761. The fourth-order valence-corrected chi connectivity index (χ4v) is 2.45. The maximum atomic E-state index is 12.9. The van der Waals surface area contributed by atoms with E-state index in [-0.39, 0.29) is 23.7 Å². The Morgan fingerprint density at radius 1 is 1.19 bits per heavy atom. The Bertz CT molecular complexity index is 969. The fraction of sp³-hybridized carbons (Fsp3) is 0.118. The average Bonchev–Trinajstić information content (AvgIpc) is 3.02. The summed E-state index contributed by atoms with van der Waals surface area (Å²) in [5, 5.41) is 10.6. The van der Waals surface area contributed by atoms with Crippen molar-refractivity contribution in [2.75, 3.05) is 5.73 Å². The first-order valence-electron chi connectivity index (χ1n) is 7.67. The van der Waals surface area contributed by atoms with Crippen molar-refractivity contribution in [3.05, 3.63) is 70.4 Å². The van der Waals surface area contributed by atoms with Gasteiger partial charge >= 0.3 is 6.18 Å². The van der Waals surface area contributed by atoms with Crippen LogP contribution in [-0.4, -0.2) is 20.9 Å². The molecular weight excluding hydrogens is 383 g/mol. The Balaban J connectivity index is 1.78. The van der Waals surface area contributed by atoms with Crippen molar-refractivity contribution < 1.29 is 18.0 Å². The molecule has 0 radical (unpaired) electrons. The molecule has 0 saturated heterocycles. The lowest BCUT2D eigenvalue weighted by Gasteiger charge is -2.09. The lowest BCUT2D eigenvalue weighted by Crippen LogP contribution is -2.24. The van der Waals surface area contributed by atoms with Gasteiger partial charge in [0.15, 0.2) is 11.5 Å². The van der Waals surface area contributed by atoms with Crippen LogP contribution in [0.15, 0.2) is 48.5 Å². The zero-order valence-electron chi connectivity index (χ0n) is 13.7. The second-order valence-corrected chi connectivity index (χ2v) is 6.03. The van der Waals surface area contributed by atoms with Crippen LogP contribution in [0.2, 0.25) is 5.02 Å². The summed E-state index contributed by atoms with van der Waals surface area (Å²) in [6.07, 6.45) is -4.51. The maximum absolute atomic E-state index is 12.9. The van der Waals surface area contributed by atoms with E-state index in [1.54, 1.807) is 24.3 Å². The first-order valence-corrected chi connectivity index (χ1v) is 8.05. The van der Waals surface area contributed by atoms with Crippen molar-refractivity contribution >= 4 is 23.3 Å². The lowest BCUT2D eigenvalue weighted by atomic mass is 10.2. The Hall–Kier alpha value is -3.07. The summed E-state index contributed by atoms with van der Waals surface area (Å²) in [4.78, 5) is 12.3. The number of halogens is 4. The van der Waals surface area contributed by atoms with Gasteiger partial charge in [0.2, 0.25) is 0 Å². The third-order valence-electron chi connectivity index (χ3n) is 3.70. The van der Waals surface area contributed by atoms with Gasteiger partial charge < -0.3 is 11.1 Å². The van der Waals surface area contributed by atoms with Crippen LogP contribution >= 0.6 is 11.6 Å². The molecule has 0 bridgehead atoms. The van der Waals surface area contributed by atoms with E-state index in [0.29, 0.717) is 5.02 Å². The van der Waals surface area contributed by atoms with Crippen molar-refractivity contribution in [2.45, 2.75) is 12.7 Å². The topological polar surface area (TPSA) is 85.8 Å². The highest BCUT2D eigenvalue weighted by atomic mass is 35.5. The first-order chi connectivity index (χ1) is 12.8. The minimum Gasteiger partial charge on any atom is -0.382 e. The molecule has 0 unspecified atom stereocenters. The molecule has 3 rings (SSSR count). The average molecular weight is 396 g/mol. The number of carbonyl (C=O) groups excluding carboxylic acids is 1. The molecule has 0 fully saturated rings. The third-order valence-corrected chi connectivity index (χ3v) is 3.96. The molecule has 3 aromatic rings. The number of nitrogen functional groups attached to an aromatic ring is 1. The van der Waals surface area contributed by atoms with E-state index in [1.165, 1.54) is 12.1 Å². The summed E-state index contributed by atoms with van der Waals surface area (Å²) >= 11 is 5.80. The zero-order valence-corrected chi connectivity index (χ0v) is 14.4. The smallest absolute Gasteiger partial charge is 0.382 e. The minimum absolute atomic E-state index is 0.0478. The van der Waals surface area contributed by atoms with Gasteiger partial charge in [0, 0.05) is 11.6 Å². The maximum Gasteiger partial charge on any atom is 0.416 e. The van der Waals surface area contributed by atoms with Gasteiger partial charge in [-0.3, -0.25) is 4.79 Å². The Morgan fingerprint density at radius 3 is 2.56 bits per heavy atom. The SMILES string of the molecule is Nc1c(C(=O)NCc2ccc(Cl)cc2)nnn1-c1cccc(C(F)(F)F)c1. The van der Waals surface area contributed by atoms with Crippen molar-refractivity contribution in [3.63, 3.8) is 0 Å². The van der Waals surface area contributed by atoms with Crippen LogP contribution in [-0.2, 0) is 12.7 Å². The summed E-state index contributed by atoms with van der Waals surface area (Å²) < 4.78 is 39.5. The fourth-order valence-electron chi connectivity index (χ4n) is 2.32. The van der Waals surface area contributed by atoms with Crippen LogP contribution in [0, 0.1) is 0 Å². The van der Waals surface area contributed by atoms with Gasteiger partial charge in [0.05, 0.1) is 11.3 Å². The van der Waals surface area contributed by atoms with Crippen molar-refractivity contribution in [2.24, 2.45) is 0 Å². The summed E-state index contributed by atoms with van der Waals surface area (Å²) in [5.41, 5.74) is 5.68. The van der Waals surface area contributed by atoms with E-state index in [2.05, 4.69) is 15.6 Å². The number of nitrogens with one attached hydrogen (secondary N) is 1. The number of aromatic nitrogens is 3. The number of rotatable bonds is 4. The number of amides is 1. The molecule has 1 heterocycles. The van der Waals surface area contributed by atoms with Crippen LogP contribution in [0.3, 0.4) is 0 Å². The number of nitrogens with zero attached hydrogens (tertiary/aromatic N) is 3. The van der Waals surface area contributed by atoms with Gasteiger partial charge in [-0.15, -0.1) is 5.10 Å². The third kappa shape index (κ3) is 4.20. The molecule has 3 N–H and O–H groups in total. The van der Waals surface area contributed by atoms with Crippen molar-refractivity contribution in [3.8, 4) is 5.69 Å². The molecular formula is C17H13ClF3N5O. The van der Waals surface area contributed by atoms with Gasteiger partial charge in [0.1, 0.15) is 0 Å². The van der Waals surface area contributed by atoms with Crippen molar-refractivity contribution in [1.29, 1.82) is 0 Å². The quantitative estimate of drug-likeness (QED) is 0.708. The second kappa shape index (κ2) is 7.28. The van der Waals surface area contributed by atoms with Gasteiger partial charge in [-0.25, -0.2) is 0 Å². The molecule has 0 saturated carbocycles. The normalized spacial score (nSPS) is 11.4. The summed E-state index contributed by atoms with van der Waals surface area (Å²) in [7, 11) is 0. The predicted octanol–water partition coefficient (Wildman–Crippen LogP) is 3.45. The molecule has 0 spiro atoms. The lowest BCUT2D eigenvalue weighted by molar-refractivity contribution is -0.137. The highest BCUT2D eigenvalue weighted by molar-refractivity contribution is 6.30.